The lowest BCUT2D eigenvalue weighted by molar-refractivity contribution is 0.0990. The van der Waals surface area contributed by atoms with E-state index < -0.39 is 0 Å². The number of rotatable bonds is 4. The molecule has 0 aliphatic heterocycles. The second kappa shape index (κ2) is 6.92. The van der Waals surface area contributed by atoms with E-state index in [1.165, 1.54) is 12.1 Å². The van der Waals surface area contributed by atoms with Crippen molar-refractivity contribution in [3.63, 3.8) is 0 Å². The van der Waals surface area contributed by atoms with Gasteiger partial charge in [0, 0.05) is 19.3 Å². The fourth-order valence-corrected chi connectivity index (χ4v) is 3.37. The summed E-state index contributed by atoms with van der Waals surface area (Å²) in [5.41, 5.74) is 2.98. The zero-order valence-corrected chi connectivity index (χ0v) is 15.8. The fraction of sp³-hybridized carbons (Fsp3) is 0.190. The molecular weight excluding hydrogens is 359 g/mol. The maximum Gasteiger partial charge on any atom is 0.259 e. The van der Waals surface area contributed by atoms with Crippen molar-refractivity contribution >= 4 is 22.6 Å². The van der Waals surface area contributed by atoms with Gasteiger partial charge in [-0.2, -0.15) is 5.10 Å². The van der Waals surface area contributed by atoms with Gasteiger partial charge in [-0.25, -0.2) is 9.37 Å². The van der Waals surface area contributed by atoms with E-state index in [0.717, 1.165) is 5.69 Å². The molecule has 3 heterocycles. The number of amides is 1. The van der Waals surface area contributed by atoms with Gasteiger partial charge in [-0.3, -0.25) is 9.48 Å². The van der Waals surface area contributed by atoms with Crippen LogP contribution < -0.4 is 4.90 Å². The van der Waals surface area contributed by atoms with Crippen LogP contribution in [0.4, 0.5) is 10.1 Å². The van der Waals surface area contributed by atoms with Gasteiger partial charge in [0.2, 0.25) is 0 Å². The highest BCUT2D eigenvalue weighted by molar-refractivity contribution is 6.14. The lowest BCUT2D eigenvalue weighted by Crippen LogP contribution is -2.31. The maximum absolute atomic E-state index is 13.5. The molecule has 0 radical (unpaired) electrons. The Balaban J connectivity index is 1.90. The number of halogens is 1. The molecule has 0 unspecified atom stereocenters. The minimum absolute atomic E-state index is 0.203. The summed E-state index contributed by atoms with van der Waals surface area (Å²) in [6.07, 6.45) is 1.56. The number of furan rings is 1. The average Bonchev–Trinajstić information content (AvgIpc) is 3.32. The Kier molecular flexibility index (Phi) is 4.43. The SMILES string of the molecule is CCN(C(=O)c1cc(-c2ccco2)nc2c1c(C)nn2C)c1ccc(F)cc1. The lowest BCUT2D eigenvalue weighted by atomic mass is 10.1. The third kappa shape index (κ3) is 2.94. The maximum atomic E-state index is 13.5. The number of hydrogen-bond donors (Lipinski definition) is 0. The number of anilines is 1. The van der Waals surface area contributed by atoms with Gasteiger partial charge >= 0.3 is 0 Å². The highest BCUT2D eigenvalue weighted by atomic mass is 19.1. The molecule has 4 rings (SSSR count). The van der Waals surface area contributed by atoms with Crippen molar-refractivity contribution in [3.8, 4) is 11.5 Å². The van der Waals surface area contributed by atoms with Crippen molar-refractivity contribution in [1.29, 1.82) is 0 Å². The smallest absolute Gasteiger partial charge is 0.259 e. The van der Waals surface area contributed by atoms with Crippen LogP contribution in [0.2, 0.25) is 0 Å². The van der Waals surface area contributed by atoms with E-state index in [9.17, 15) is 9.18 Å². The molecule has 4 aromatic rings. The summed E-state index contributed by atoms with van der Waals surface area (Å²) in [6.45, 7) is 4.16. The molecule has 0 fully saturated rings. The van der Waals surface area contributed by atoms with Crippen LogP contribution in [0.15, 0.2) is 53.1 Å². The molecule has 0 N–H and O–H groups in total. The third-order valence-electron chi connectivity index (χ3n) is 4.67. The third-order valence-corrected chi connectivity index (χ3v) is 4.67. The van der Waals surface area contributed by atoms with Crippen LogP contribution in [0, 0.1) is 12.7 Å². The Morgan fingerprint density at radius 3 is 2.64 bits per heavy atom. The minimum Gasteiger partial charge on any atom is -0.463 e. The summed E-state index contributed by atoms with van der Waals surface area (Å²) >= 11 is 0. The number of nitrogens with zero attached hydrogens (tertiary/aromatic N) is 4. The molecular formula is C21H19FN4O2. The van der Waals surface area contributed by atoms with E-state index in [4.69, 9.17) is 4.42 Å². The number of aryl methyl sites for hydroxylation is 2. The Labute approximate surface area is 161 Å². The molecule has 1 aromatic carbocycles. The van der Waals surface area contributed by atoms with Gasteiger partial charge in [-0.05, 0) is 56.3 Å². The zero-order chi connectivity index (χ0) is 19.8. The number of carbonyl (C=O) groups is 1. The predicted octanol–water partition coefficient (Wildman–Crippen LogP) is 4.34. The van der Waals surface area contributed by atoms with Crippen LogP contribution in [0.5, 0.6) is 0 Å². The van der Waals surface area contributed by atoms with Crippen molar-refractivity contribution in [2.75, 3.05) is 11.4 Å². The standard InChI is InChI=1S/C21H19FN4O2/c1-4-26(15-9-7-14(22)8-10-15)21(27)16-12-17(18-6-5-11-28-18)23-20-19(16)13(2)24-25(20)3/h5-12H,4H2,1-3H3. The zero-order valence-electron chi connectivity index (χ0n) is 15.8. The molecule has 0 bridgehead atoms. The molecule has 0 spiro atoms. The van der Waals surface area contributed by atoms with E-state index in [1.54, 1.807) is 53.2 Å². The van der Waals surface area contributed by atoms with Gasteiger partial charge in [-0.1, -0.05) is 0 Å². The highest BCUT2D eigenvalue weighted by Crippen LogP contribution is 2.29. The molecule has 142 valence electrons. The normalized spacial score (nSPS) is 11.1. The summed E-state index contributed by atoms with van der Waals surface area (Å²) in [4.78, 5) is 19.7. The van der Waals surface area contributed by atoms with Crippen molar-refractivity contribution < 1.29 is 13.6 Å². The molecule has 0 aliphatic rings. The van der Waals surface area contributed by atoms with Crippen LogP contribution in [0.25, 0.3) is 22.5 Å². The number of hydrogen-bond acceptors (Lipinski definition) is 4. The summed E-state index contributed by atoms with van der Waals surface area (Å²) in [5.74, 6) is 0.0202. The summed E-state index contributed by atoms with van der Waals surface area (Å²) in [6, 6.07) is 11.2. The molecule has 3 aromatic heterocycles. The Morgan fingerprint density at radius 1 is 1.25 bits per heavy atom. The molecule has 0 saturated heterocycles. The van der Waals surface area contributed by atoms with Crippen LogP contribution in [-0.4, -0.2) is 27.2 Å². The van der Waals surface area contributed by atoms with Gasteiger partial charge in [0.15, 0.2) is 11.4 Å². The van der Waals surface area contributed by atoms with Gasteiger partial charge in [-0.15, -0.1) is 0 Å². The largest absolute Gasteiger partial charge is 0.463 e. The van der Waals surface area contributed by atoms with E-state index in [0.29, 0.717) is 40.3 Å². The Morgan fingerprint density at radius 2 is 2.00 bits per heavy atom. The Bertz CT molecular complexity index is 1150. The van der Waals surface area contributed by atoms with Crippen LogP contribution in [0.3, 0.4) is 0 Å². The predicted molar refractivity (Wildman–Crippen MR) is 105 cm³/mol. The van der Waals surface area contributed by atoms with Gasteiger partial charge in [0.25, 0.3) is 5.91 Å². The van der Waals surface area contributed by atoms with E-state index in [2.05, 4.69) is 10.1 Å². The first kappa shape index (κ1) is 17.9. The summed E-state index contributed by atoms with van der Waals surface area (Å²) < 4.78 is 20.4. The molecule has 0 saturated carbocycles. The van der Waals surface area contributed by atoms with Crippen LogP contribution in [0.1, 0.15) is 23.0 Å². The number of benzene rings is 1. The lowest BCUT2D eigenvalue weighted by Gasteiger charge is -2.22. The van der Waals surface area contributed by atoms with Gasteiger partial charge in [0.1, 0.15) is 11.5 Å². The van der Waals surface area contributed by atoms with Gasteiger partial charge < -0.3 is 9.32 Å². The van der Waals surface area contributed by atoms with Crippen molar-refractivity contribution in [3.05, 3.63) is 65.8 Å². The molecule has 0 atom stereocenters. The second-order valence-electron chi connectivity index (χ2n) is 6.47. The first-order chi connectivity index (χ1) is 13.5. The fourth-order valence-electron chi connectivity index (χ4n) is 3.37. The topological polar surface area (TPSA) is 64.2 Å². The average molecular weight is 378 g/mol. The number of carbonyl (C=O) groups excluding carboxylic acids is 1. The molecule has 1 amide bonds. The quantitative estimate of drug-likeness (QED) is 0.530. The monoisotopic (exact) mass is 378 g/mol. The molecule has 28 heavy (non-hydrogen) atoms. The summed E-state index contributed by atoms with van der Waals surface area (Å²) in [7, 11) is 1.79. The van der Waals surface area contributed by atoms with Crippen molar-refractivity contribution in [2.45, 2.75) is 13.8 Å². The number of pyridine rings is 1. The van der Waals surface area contributed by atoms with E-state index in [1.807, 2.05) is 13.8 Å². The van der Waals surface area contributed by atoms with Crippen LogP contribution >= 0.6 is 0 Å². The second-order valence-corrected chi connectivity index (χ2v) is 6.47. The molecule has 6 nitrogen and oxygen atoms in total. The number of fused-ring (bicyclic) bond motifs is 1. The summed E-state index contributed by atoms with van der Waals surface area (Å²) in [5, 5.41) is 5.13. The minimum atomic E-state index is -0.346. The molecule has 0 aliphatic carbocycles. The first-order valence-corrected chi connectivity index (χ1v) is 8.95. The van der Waals surface area contributed by atoms with Gasteiger partial charge in [0.05, 0.1) is 22.9 Å². The van der Waals surface area contributed by atoms with Crippen molar-refractivity contribution in [1.82, 2.24) is 14.8 Å². The van der Waals surface area contributed by atoms with E-state index >= 15 is 0 Å². The highest BCUT2D eigenvalue weighted by Gasteiger charge is 2.24. The number of aromatic nitrogens is 3. The van der Waals surface area contributed by atoms with Crippen molar-refractivity contribution in [2.24, 2.45) is 7.05 Å². The first-order valence-electron chi connectivity index (χ1n) is 8.95. The van der Waals surface area contributed by atoms with Crippen LogP contribution in [-0.2, 0) is 7.05 Å². The molecule has 7 heteroatoms. The van der Waals surface area contributed by atoms with E-state index in [-0.39, 0.29) is 11.7 Å². The Hall–Kier alpha value is -3.48.